The molecule has 2 rings (SSSR count). The molecule has 0 bridgehead atoms. The fourth-order valence-electron chi connectivity index (χ4n) is 2.49. The molecule has 0 spiro atoms. The zero-order chi connectivity index (χ0) is 12.6. The van der Waals surface area contributed by atoms with E-state index in [-0.39, 0.29) is 12.4 Å². The lowest BCUT2D eigenvalue weighted by Crippen LogP contribution is -2.26. The summed E-state index contributed by atoms with van der Waals surface area (Å²) >= 11 is 0. The standard InChI is InChI=1S/C15H26O3/c1-13(18-15-10-3-5-12-17-15)7-6-9-14-8-2-4-11-16-14/h8,13,15H,2-7,9-12H2,1H3. The number of allylic oxidation sites excluding steroid dienone is 2. The lowest BCUT2D eigenvalue weighted by molar-refractivity contribution is -0.185. The summed E-state index contributed by atoms with van der Waals surface area (Å²) in [6.07, 6.45) is 11.7. The van der Waals surface area contributed by atoms with Crippen LogP contribution in [-0.2, 0) is 14.2 Å². The molecule has 2 aliphatic heterocycles. The molecule has 2 aliphatic rings. The molecule has 2 unspecified atom stereocenters. The van der Waals surface area contributed by atoms with E-state index in [1.54, 1.807) is 0 Å². The summed E-state index contributed by atoms with van der Waals surface area (Å²) in [6.45, 7) is 3.90. The van der Waals surface area contributed by atoms with E-state index in [2.05, 4.69) is 13.0 Å². The van der Waals surface area contributed by atoms with Crippen molar-refractivity contribution < 1.29 is 14.2 Å². The Hall–Kier alpha value is -0.540. The van der Waals surface area contributed by atoms with Gasteiger partial charge in [-0.15, -0.1) is 0 Å². The highest BCUT2D eigenvalue weighted by Crippen LogP contribution is 2.20. The molecule has 0 aliphatic carbocycles. The van der Waals surface area contributed by atoms with Crippen molar-refractivity contribution in [2.45, 2.75) is 70.7 Å². The summed E-state index contributed by atoms with van der Waals surface area (Å²) in [5.41, 5.74) is 0. The van der Waals surface area contributed by atoms with Crippen LogP contribution in [0.5, 0.6) is 0 Å². The molecule has 0 N–H and O–H groups in total. The minimum atomic E-state index is 0.0406. The lowest BCUT2D eigenvalue weighted by Gasteiger charge is -2.26. The van der Waals surface area contributed by atoms with Crippen molar-refractivity contribution in [1.82, 2.24) is 0 Å². The maximum Gasteiger partial charge on any atom is 0.157 e. The molecule has 0 amide bonds. The molecule has 0 saturated carbocycles. The summed E-state index contributed by atoms with van der Waals surface area (Å²) in [7, 11) is 0. The summed E-state index contributed by atoms with van der Waals surface area (Å²) in [5, 5.41) is 0. The molecule has 0 aromatic carbocycles. The van der Waals surface area contributed by atoms with E-state index in [1.165, 1.54) is 31.4 Å². The fraction of sp³-hybridized carbons (Fsp3) is 0.867. The van der Waals surface area contributed by atoms with Crippen molar-refractivity contribution in [2.24, 2.45) is 0 Å². The van der Waals surface area contributed by atoms with E-state index in [0.29, 0.717) is 0 Å². The van der Waals surface area contributed by atoms with Crippen molar-refractivity contribution in [3.63, 3.8) is 0 Å². The summed E-state index contributed by atoms with van der Waals surface area (Å²) < 4.78 is 17.1. The average molecular weight is 254 g/mol. The van der Waals surface area contributed by atoms with E-state index >= 15 is 0 Å². The molecule has 1 saturated heterocycles. The van der Waals surface area contributed by atoms with Gasteiger partial charge in [-0.1, -0.05) is 0 Å². The smallest absolute Gasteiger partial charge is 0.157 e. The third-order valence-corrected chi connectivity index (χ3v) is 3.56. The van der Waals surface area contributed by atoms with Crippen LogP contribution in [0.3, 0.4) is 0 Å². The van der Waals surface area contributed by atoms with Gasteiger partial charge < -0.3 is 14.2 Å². The Balaban J connectivity index is 1.56. The Bertz CT molecular complexity index is 256. The molecule has 2 atom stereocenters. The first-order valence-electron chi connectivity index (χ1n) is 7.43. The normalized spacial score (nSPS) is 26.3. The predicted molar refractivity (Wildman–Crippen MR) is 71.3 cm³/mol. The highest BCUT2D eigenvalue weighted by molar-refractivity contribution is 4.95. The first-order chi connectivity index (χ1) is 8.84. The van der Waals surface area contributed by atoms with Crippen LogP contribution in [0.2, 0.25) is 0 Å². The van der Waals surface area contributed by atoms with Gasteiger partial charge in [0, 0.05) is 13.0 Å². The van der Waals surface area contributed by atoms with Crippen LogP contribution in [-0.4, -0.2) is 25.6 Å². The van der Waals surface area contributed by atoms with Crippen molar-refractivity contribution in [3.05, 3.63) is 11.8 Å². The van der Waals surface area contributed by atoms with E-state index in [4.69, 9.17) is 14.2 Å². The number of hydrogen-bond donors (Lipinski definition) is 0. The zero-order valence-electron chi connectivity index (χ0n) is 11.5. The SMILES string of the molecule is CC(CCCC1=CCCCO1)OC1CCCCO1. The Morgan fingerprint density at radius 1 is 1.33 bits per heavy atom. The molecule has 104 valence electrons. The topological polar surface area (TPSA) is 27.7 Å². The maximum atomic E-state index is 5.90. The largest absolute Gasteiger partial charge is 0.498 e. The van der Waals surface area contributed by atoms with Crippen LogP contribution < -0.4 is 0 Å². The zero-order valence-corrected chi connectivity index (χ0v) is 11.5. The minimum Gasteiger partial charge on any atom is -0.498 e. The molecular weight excluding hydrogens is 228 g/mol. The van der Waals surface area contributed by atoms with Crippen LogP contribution in [0.25, 0.3) is 0 Å². The second kappa shape index (κ2) is 7.80. The van der Waals surface area contributed by atoms with Gasteiger partial charge in [-0.05, 0) is 57.9 Å². The monoisotopic (exact) mass is 254 g/mol. The van der Waals surface area contributed by atoms with Gasteiger partial charge in [0.1, 0.15) is 0 Å². The Morgan fingerprint density at radius 3 is 3.00 bits per heavy atom. The Labute approximate surface area is 110 Å². The van der Waals surface area contributed by atoms with Gasteiger partial charge in [0.05, 0.1) is 18.5 Å². The minimum absolute atomic E-state index is 0.0406. The lowest BCUT2D eigenvalue weighted by atomic mass is 10.1. The number of ether oxygens (including phenoxy) is 3. The quantitative estimate of drug-likeness (QED) is 0.722. The first-order valence-corrected chi connectivity index (χ1v) is 7.43. The van der Waals surface area contributed by atoms with Gasteiger partial charge in [0.25, 0.3) is 0 Å². The van der Waals surface area contributed by atoms with Crippen LogP contribution in [0.15, 0.2) is 11.8 Å². The molecule has 3 heteroatoms. The van der Waals surface area contributed by atoms with Crippen LogP contribution in [0.1, 0.15) is 58.3 Å². The van der Waals surface area contributed by atoms with E-state index < -0.39 is 0 Å². The Morgan fingerprint density at radius 2 is 2.28 bits per heavy atom. The van der Waals surface area contributed by atoms with Crippen molar-refractivity contribution in [2.75, 3.05) is 13.2 Å². The predicted octanol–water partition coefficient (Wildman–Crippen LogP) is 3.78. The summed E-state index contributed by atoms with van der Waals surface area (Å²) in [6, 6.07) is 0. The highest BCUT2D eigenvalue weighted by Gasteiger charge is 2.17. The maximum absolute atomic E-state index is 5.90. The second-order valence-electron chi connectivity index (χ2n) is 5.30. The molecular formula is C15H26O3. The third kappa shape index (κ3) is 4.99. The van der Waals surface area contributed by atoms with E-state index in [9.17, 15) is 0 Å². The summed E-state index contributed by atoms with van der Waals surface area (Å²) in [4.78, 5) is 0. The summed E-state index contributed by atoms with van der Waals surface area (Å²) in [5.74, 6) is 1.18. The molecule has 0 radical (unpaired) electrons. The van der Waals surface area contributed by atoms with Gasteiger partial charge >= 0.3 is 0 Å². The van der Waals surface area contributed by atoms with Crippen molar-refractivity contribution >= 4 is 0 Å². The molecule has 18 heavy (non-hydrogen) atoms. The second-order valence-corrected chi connectivity index (χ2v) is 5.30. The van der Waals surface area contributed by atoms with Gasteiger partial charge in [0.15, 0.2) is 6.29 Å². The van der Waals surface area contributed by atoms with Crippen LogP contribution in [0.4, 0.5) is 0 Å². The Kier molecular flexibility index (Phi) is 6.01. The van der Waals surface area contributed by atoms with Gasteiger partial charge in [-0.25, -0.2) is 0 Å². The molecule has 0 aromatic heterocycles. The van der Waals surface area contributed by atoms with Gasteiger partial charge in [-0.2, -0.15) is 0 Å². The van der Waals surface area contributed by atoms with Crippen LogP contribution in [0, 0.1) is 0 Å². The van der Waals surface area contributed by atoms with E-state index in [0.717, 1.165) is 38.9 Å². The number of rotatable bonds is 6. The first kappa shape index (κ1) is 13.9. The van der Waals surface area contributed by atoms with Crippen molar-refractivity contribution in [3.8, 4) is 0 Å². The molecule has 0 aromatic rings. The van der Waals surface area contributed by atoms with E-state index in [1.807, 2.05) is 0 Å². The average Bonchev–Trinajstić information content (AvgIpc) is 2.41. The van der Waals surface area contributed by atoms with Gasteiger partial charge in [0.2, 0.25) is 0 Å². The van der Waals surface area contributed by atoms with Crippen LogP contribution >= 0.6 is 0 Å². The fourth-order valence-corrected chi connectivity index (χ4v) is 2.49. The van der Waals surface area contributed by atoms with Crippen molar-refractivity contribution in [1.29, 1.82) is 0 Å². The van der Waals surface area contributed by atoms with Gasteiger partial charge in [-0.3, -0.25) is 0 Å². The number of hydrogen-bond acceptors (Lipinski definition) is 3. The third-order valence-electron chi connectivity index (χ3n) is 3.56. The molecule has 2 heterocycles. The molecule has 1 fully saturated rings. The molecule has 3 nitrogen and oxygen atoms in total. The highest BCUT2D eigenvalue weighted by atomic mass is 16.7.